The van der Waals surface area contributed by atoms with Crippen LogP contribution in [0.25, 0.3) is 0 Å². The summed E-state index contributed by atoms with van der Waals surface area (Å²) >= 11 is 0. The van der Waals surface area contributed by atoms with Gasteiger partial charge in [0.2, 0.25) is 0 Å². The van der Waals surface area contributed by atoms with Crippen molar-refractivity contribution in [1.82, 2.24) is 0 Å². The lowest BCUT2D eigenvalue weighted by Crippen LogP contribution is -2.50. The Balaban J connectivity index is 1.68. The summed E-state index contributed by atoms with van der Waals surface area (Å²) in [7, 11) is 0. The maximum absolute atomic E-state index is 13.4. The summed E-state index contributed by atoms with van der Waals surface area (Å²) < 4.78 is 13.4. The summed E-state index contributed by atoms with van der Waals surface area (Å²) in [4.78, 5) is 0. The number of hydrogen-bond donors (Lipinski definition) is 1. The largest absolute Gasteiger partial charge is 0.323 e. The van der Waals surface area contributed by atoms with Crippen LogP contribution in [0.3, 0.4) is 0 Å². The predicted octanol–water partition coefficient (Wildman–Crippen LogP) is 4.04. The van der Waals surface area contributed by atoms with Gasteiger partial charge in [0.25, 0.3) is 0 Å². The van der Waals surface area contributed by atoms with E-state index in [1.165, 1.54) is 44.6 Å². The molecule has 5 rings (SSSR count). The van der Waals surface area contributed by atoms with Gasteiger partial charge >= 0.3 is 0 Å². The van der Waals surface area contributed by atoms with E-state index < -0.39 is 0 Å². The van der Waals surface area contributed by atoms with Crippen molar-refractivity contribution < 1.29 is 4.39 Å². The molecule has 1 atom stereocenters. The second-order valence-corrected chi connectivity index (χ2v) is 7.31. The molecule has 4 aliphatic rings. The smallest absolute Gasteiger partial charge is 0.123 e. The lowest BCUT2D eigenvalue weighted by molar-refractivity contribution is -0.0678. The monoisotopic (exact) mass is 259 g/mol. The molecule has 1 aromatic rings. The van der Waals surface area contributed by atoms with Crippen molar-refractivity contribution in [2.75, 3.05) is 0 Å². The van der Waals surface area contributed by atoms with Crippen molar-refractivity contribution in [2.24, 2.45) is 28.9 Å². The van der Waals surface area contributed by atoms with Gasteiger partial charge < -0.3 is 5.73 Å². The first-order valence-electron chi connectivity index (χ1n) is 7.66. The normalized spacial score (nSPS) is 41.5. The quantitative estimate of drug-likeness (QED) is 0.852. The Morgan fingerprint density at radius 3 is 2.16 bits per heavy atom. The van der Waals surface area contributed by atoms with E-state index in [0.29, 0.717) is 0 Å². The molecule has 0 spiro atoms. The zero-order valence-corrected chi connectivity index (χ0v) is 11.3. The number of benzene rings is 1. The minimum Gasteiger partial charge on any atom is -0.323 e. The van der Waals surface area contributed by atoms with Gasteiger partial charge in [0.05, 0.1) is 0 Å². The second kappa shape index (κ2) is 4.05. The minimum atomic E-state index is -0.155. The molecule has 2 heteroatoms. The molecule has 1 nitrogen and oxygen atoms in total. The van der Waals surface area contributed by atoms with Crippen LogP contribution in [-0.2, 0) is 0 Å². The highest BCUT2D eigenvalue weighted by atomic mass is 19.1. The molecule has 0 aliphatic heterocycles. The SMILES string of the molecule is NC(c1cccc(F)c1)C12CC3CC(CC(C3)C1)C2. The van der Waals surface area contributed by atoms with E-state index in [9.17, 15) is 4.39 Å². The molecule has 4 fully saturated rings. The van der Waals surface area contributed by atoms with Crippen LogP contribution in [0.2, 0.25) is 0 Å². The third-order valence-corrected chi connectivity index (χ3v) is 5.95. The van der Waals surface area contributed by atoms with Gasteiger partial charge in [-0.15, -0.1) is 0 Å². The van der Waals surface area contributed by atoms with Crippen LogP contribution < -0.4 is 5.73 Å². The Morgan fingerprint density at radius 2 is 1.63 bits per heavy atom. The van der Waals surface area contributed by atoms with E-state index in [-0.39, 0.29) is 17.3 Å². The van der Waals surface area contributed by atoms with E-state index >= 15 is 0 Å². The predicted molar refractivity (Wildman–Crippen MR) is 73.9 cm³/mol. The van der Waals surface area contributed by atoms with Crippen LogP contribution in [-0.4, -0.2) is 0 Å². The van der Waals surface area contributed by atoms with Gasteiger partial charge in [0, 0.05) is 6.04 Å². The Hall–Kier alpha value is -0.890. The fourth-order valence-electron chi connectivity index (χ4n) is 5.61. The molecule has 4 bridgehead atoms. The lowest BCUT2D eigenvalue weighted by Gasteiger charge is -2.59. The summed E-state index contributed by atoms with van der Waals surface area (Å²) in [6.45, 7) is 0. The summed E-state index contributed by atoms with van der Waals surface area (Å²) in [6.07, 6.45) is 8.10. The molecule has 1 aromatic carbocycles. The first-order valence-corrected chi connectivity index (χ1v) is 7.66. The van der Waals surface area contributed by atoms with Gasteiger partial charge in [-0.3, -0.25) is 0 Å². The van der Waals surface area contributed by atoms with E-state index in [4.69, 9.17) is 5.73 Å². The first kappa shape index (κ1) is 11.9. The van der Waals surface area contributed by atoms with Gasteiger partial charge in [0.15, 0.2) is 0 Å². The molecular weight excluding hydrogens is 237 g/mol. The van der Waals surface area contributed by atoms with Crippen LogP contribution in [0, 0.1) is 29.0 Å². The standard InChI is InChI=1S/C17H22FN/c18-15-3-1-2-14(7-15)16(19)17-8-11-4-12(9-17)6-13(5-11)10-17/h1-3,7,11-13,16H,4-6,8-10,19H2. The molecule has 0 saturated heterocycles. The highest BCUT2D eigenvalue weighted by molar-refractivity contribution is 5.24. The highest BCUT2D eigenvalue weighted by Gasteiger charge is 2.53. The number of nitrogens with two attached hydrogens (primary N) is 1. The molecule has 0 aromatic heterocycles. The summed E-state index contributed by atoms with van der Waals surface area (Å²) in [5, 5.41) is 0. The maximum atomic E-state index is 13.4. The van der Waals surface area contributed by atoms with E-state index in [0.717, 1.165) is 23.3 Å². The average molecular weight is 259 g/mol. The zero-order chi connectivity index (χ0) is 13.0. The van der Waals surface area contributed by atoms with Crippen molar-refractivity contribution in [3.05, 3.63) is 35.6 Å². The van der Waals surface area contributed by atoms with Crippen molar-refractivity contribution in [3.63, 3.8) is 0 Å². The Kier molecular flexibility index (Phi) is 2.54. The Labute approximate surface area is 114 Å². The van der Waals surface area contributed by atoms with Crippen LogP contribution in [0.1, 0.15) is 50.1 Å². The van der Waals surface area contributed by atoms with Gasteiger partial charge in [-0.2, -0.15) is 0 Å². The fourth-order valence-corrected chi connectivity index (χ4v) is 5.61. The van der Waals surface area contributed by atoms with E-state index in [2.05, 4.69) is 0 Å². The Bertz CT molecular complexity index is 461. The molecule has 102 valence electrons. The van der Waals surface area contributed by atoms with Crippen molar-refractivity contribution in [3.8, 4) is 0 Å². The molecule has 4 saturated carbocycles. The van der Waals surface area contributed by atoms with Gasteiger partial charge in [-0.25, -0.2) is 4.39 Å². The third-order valence-electron chi connectivity index (χ3n) is 5.95. The number of rotatable bonds is 2. The summed E-state index contributed by atoms with van der Waals surface area (Å²) in [5.41, 5.74) is 7.86. The van der Waals surface area contributed by atoms with Gasteiger partial charge in [0.1, 0.15) is 5.82 Å². The number of halogens is 1. The molecular formula is C17H22FN. The first-order chi connectivity index (χ1) is 9.14. The lowest BCUT2D eigenvalue weighted by atomic mass is 9.47. The third kappa shape index (κ3) is 1.84. The van der Waals surface area contributed by atoms with Crippen LogP contribution in [0.15, 0.2) is 24.3 Å². The molecule has 0 heterocycles. The van der Waals surface area contributed by atoms with E-state index in [1.807, 2.05) is 6.07 Å². The molecule has 2 N–H and O–H groups in total. The number of hydrogen-bond acceptors (Lipinski definition) is 1. The van der Waals surface area contributed by atoms with Crippen molar-refractivity contribution >= 4 is 0 Å². The van der Waals surface area contributed by atoms with Gasteiger partial charge in [-0.05, 0) is 79.4 Å². The molecule has 19 heavy (non-hydrogen) atoms. The Morgan fingerprint density at radius 1 is 1.05 bits per heavy atom. The molecule has 1 unspecified atom stereocenters. The van der Waals surface area contributed by atoms with Crippen LogP contribution >= 0.6 is 0 Å². The molecule has 4 aliphatic carbocycles. The van der Waals surface area contributed by atoms with Gasteiger partial charge in [-0.1, -0.05) is 12.1 Å². The summed E-state index contributed by atoms with van der Waals surface area (Å²) in [6, 6.07) is 6.98. The molecule has 0 radical (unpaired) electrons. The van der Waals surface area contributed by atoms with Crippen molar-refractivity contribution in [2.45, 2.75) is 44.6 Å². The summed E-state index contributed by atoms with van der Waals surface area (Å²) in [5.74, 6) is 2.53. The minimum absolute atomic E-state index is 0.0246. The molecule has 0 amide bonds. The van der Waals surface area contributed by atoms with Crippen molar-refractivity contribution in [1.29, 1.82) is 0 Å². The van der Waals surface area contributed by atoms with Crippen LogP contribution in [0.5, 0.6) is 0 Å². The maximum Gasteiger partial charge on any atom is 0.123 e. The van der Waals surface area contributed by atoms with Crippen LogP contribution in [0.4, 0.5) is 4.39 Å². The average Bonchev–Trinajstić information content (AvgIpc) is 2.36. The zero-order valence-electron chi connectivity index (χ0n) is 11.3. The second-order valence-electron chi connectivity index (χ2n) is 7.31. The topological polar surface area (TPSA) is 26.0 Å². The fraction of sp³-hybridized carbons (Fsp3) is 0.647. The van der Waals surface area contributed by atoms with E-state index in [1.54, 1.807) is 12.1 Å². The highest BCUT2D eigenvalue weighted by Crippen LogP contribution is 2.63.